The molecule has 1 fully saturated rings. The highest BCUT2D eigenvalue weighted by Crippen LogP contribution is 2.33. The van der Waals surface area contributed by atoms with Crippen LogP contribution in [0.3, 0.4) is 0 Å². The predicted molar refractivity (Wildman–Crippen MR) is 84.5 cm³/mol. The topological polar surface area (TPSA) is 15.3 Å². The molecule has 3 atom stereocenters. The Labute approximate surface area is 118 Å². The first-order chi connectivity index (χ1) is 8.74. The molecule has 2 nitrogen and oxygen atoms in total. The van der Waals surface area contributed by atoms with Gasteiger partial charge in [-0.2, -0.15) is 11.8 Å². The minimum atomic E-state index is 0.745. The van der Waals surface area contributed by atoms with E-state index in [1.807, 2.05) is 0 Å². The van der Waals surface area contributed by atoms with Crippen LogP contribution in [0.4, 0.5) is 0 Å². The van der Waals surface area contributed by atoms with E-state index in [4.69, 9.17) is 0 Å². The number of nitrogens with zero attached hydrogens (tertiary/aromatic N) is 1. The highest BCUT2D eigenvalue weighted by Gasteiger charge is 2.28. The van der Waals surface area contributed by atoms with Crippen LogP contribution in [0.25, 0.3) is 0 Å². The summed E-state index contributed by atoms with van der Waals surface area (Å²) in [6.45, 7) is 10.5. The van der Waals surface area contributed by atoms with Gasteiger partial charge in [-0.25, -0.2) is 0 Å². The standard InChI is InChI=1S/C15H32N2S/c1-5-13-8-9-14(16-4)15(12-13)18-11-10-17(6-2)7-3/h13-16H,5-12H2,1-4H3. The highest BCUT2D eigenvalue weighted by atomic mass is 32.2. The maximum absolute atomic E-state index is 3.53. The van der Waals surface area contributed by atoms with E-state index in [0.29, 0.717) is 0 Å². The molecule has 0 saturated heterocycles. The fourth-order valence-corrected chi connectivity index (χ4v) is 4.55. The van der Waals surface area contributed by atoms with E-state index in [2.05, 4.69) is 49.8 Å². The fraction of sp³-hybridized carbons (Fsp3) is 1.00. The molecule has 18 heavy (non-hydrogen) atoms. The van der Waals surface area contributed by atoms with Crippen molar-refractivity contribution in [2.45, 2.75) is 57.7 Å². The summed E-state index contributed by atoms with van der Waals surface area (Å²) in [4.78, 5) is 2.53. The van der Waals surface area contributed by atoms with Crippen molar-refractivity contribution in [1.82, 2.24) is 10.2 Å². The van der Waals surface area contributed by atoms with Gasteiger partial charge in [0.1, 0.15) is 0 Å². The summed E-state index contributed by atoms with van der Waals surface area (Å²) in [5.74, 6) is 2.27. The summed E-state index contributed by atoms with van der Waals surface area (Å²) in [7, 11) is 2.13. The molecule has 1 aliphatic carbocycles. The summed E-state index contributed by atoms with van der Waals surface area (Å²) in [5.41, 5.74) is 0. The van der Waals surface area contributed by atoms with Gasteiger partial charge in [0.15, 0.2) is 0 Å². The van der Waals surface area contributed by atoms with Gasteiger partial charge in [0.05, 0.1) is 0 Å². The Morgan fingerprint density at radius 3 is 2.44 bits per heavy atom. The van der Waals surface area contributed by atoms with Crippen LogP contribution in [0, 0.1) is 5.92 Å². The molecular formula is C15H32N2S. The van der Waals surface area contributed by atoms with E-state index in [1.54, 1.807) is 0 Å². The summed E-state index contributed by atoms with van der Waals surface area (Å²) >= 11 is 2.20. The Morgan fingerprint density at radius 2 is 1.89 bits per heavy atom. The lowest BCUT2D eigenvalue weighted by Crippen LogP contribution is -2.41. The first kappa shape index (κ1) is 16.3. The van der Waals surface area contributed by atoms with Gasteiger partial charge in [-0.1, -0.05) is 27.2 Å². The second-order valence-electron chi connectivity index (χ2n) is 5.42. The molecule has 0 aromatic heterocycles. The first-order valence-electron chi connectivity index (χ1n) is 7.76. The molecule has 108 valence electrons. The largest absolute Gasteiger partial charge is 0.316 e. The van der Waals surface area contributed by atoms with Crippen LogP contribution in [-0.4, -0.2) is 48.6 Å². The van der Waals surface area contributed by atoms with Gasteiger partial charge in [-0.15, -0.1) is 0 Å². The van der Waals surface area contributed by atoms with Crippen molar-refractivity contribution < 1.29 is 0 Å². The molecule has 0 heterocycles. The quantitative estimate of drug-likeness (QED) is 0.730. The number of thioether (sulfide) groups is 1. The van der Waals surface area contributed by atoms with Crippen LogP contribution in [0.1, 0.15) is 46.5 Å². The van der Waals surface area contributed by atoms with E-state index in [1.165, 1.54) is 51.1 Å². The van der Waals surface area contributed by atoms with Gasteiger partial charge in [-0.05, 0) is 45.3 Å². The van der Waals surface area contributed by atoms with Crippen molar-refractivity contribution in [2.75, 3.05) is 32.4 Å². The summed E-state index contributed by atoms with van der Waals surface area (Å²) in [6, 6.07) is 0.745. The van der Waals surface area contributed by atoms with Crippen LogP contribution < -0.4 is 5.32 Å². The van der Waals surface area contributed by atoms with Crippen molar-refractivity contribution in [3.05, 3.63) is 0 Å². The molecule has 0 radical (unpaired) electrons. The average Bonchev–Trinajstić information content (AvgIpc) is 2.43. The zero-order chi connectivity index (χ0) is 13.4. The normalized spacial score (nSPS) is 28.8. The van der Waals surface area contributed by atoms with Gasteiger partial charge in [0.25, 0.3) is 0 Å². The molecule has 1 rings (SSSR count). The molecule has 0 aliphatic heterocycles. The lowest BCUT2D eigenvalue weighted by Gasteiger charge is -2.35. The van der Waals surface area contributed by atoms with E-state index in [9.17, 15) is 0 Å². The van der Waals surface area contributed by atoms with E-state index >= 15 is 0 Å². The zero-order valence-corrected chi connectivity index (χ0v) is 13.6. The molecule has 1 saturated carbocycles. The zero-order valence-electron chi connectivity index (χ0n) is 12.7. The molecule has 3 unspecified atom stereocenters. The number of hydrogen-bond donors (Lipinski definition) is 1. The Hall–Kier alpha value is 0.270. The Bertz CT molecular complexity index is 207. The van der Waals surface area contributed by atoms with Gasteiger partial charge in [-0.3, -0.25) is 0 Å². The predicted octanol–water partition coefficient (Wildman–Crippen LogP) is 3.23. The fourth-order valence-electron chi connectivity index (χ4n) is 2.97. The van der Waals surface area contributed by atoms with Crippen LogP contribution in [0.2, 0.25) is 0 Å². The second-order valence-corrected chi connectivity index (χ2v) is 6.77. The Kier molecular flexibility index (Phi) is 8.36. The second kappa shape index (κ2) is 9.22. The van der Waals surface area contributed by atoms with Crippen LogP contribution >= 0.6 is 11.8 Å². The third kappa shape index (κ3) is 5.10. The monoisotopic (exact) mass is 272 g/mol. The van der Waals surface area contributed by atoms with Crippen molar-refractivity contribution in [2.24, 2.45) is 5.92 Å². The Morgan fingerprint density at radius 1 is 1.17 bits per heavy atom. The molecule has 0 aromatic carbocycles. The molecule has 1 N–H and O–H groups in total. The third-order valence-corrected chi connectivity index (χ3v) is 5.85. The molecule has 0 aromatic rings. The third-order valence-electron chi connectivity index (χ3n) is 4.48. The minimum absolute atomic E-state index is 0.745. The van der Waals surface area contributed by atoms with Crippen molar-refractivity contribution >= 4 is 11.8 Å². The Balaban J connectivity index is 2.32. The van der Waals surface area contributed by atoms with Gasteiger partial charge in [0, 0.05) is 23.6 Å². The highest BCUT2D eigenvalue weighted by molar-refractivity contribution is 8.00. The SMILES string of the molecule is CCC1CCC(NC)C(SCCN(CC)CC)C1. The summed E-state index contributed by atoms with van der Waals surface area (Å²) in [6.07, 6.45) is 5.58. The van der Waals surface area contributed by atoms with Crippen LogP contribution in [0.5, 0.6) is 0 Å². The van der Waals surface area contributed by atoms with Crippen LogP contribution in [0.15, 0.2) is 0 Å². The number of hydrogen-bond acceptors (Lipinski definition) is 3. The molecule has 0 amide bonds. The molecule has 0 bridgehead atoms. The molecule has 1 aliphatic rings. The molecule has 0 spiro atoms. The maximum Gasteiger partial charge on any atom is 0.0204 e. The summed E-state index contributed by atoms with van der Waals surface area (Å²) in [5, 5.41) is 4.37. The van der Waals surface area contributed by atoms with Crippen molar-refractivity contribution in [1.29, 1.82) is 0 Å². The summed E-state index contributed by atoms with van der Waals surface area (Å²) < 4.78 is 0. The van der Waals surface area contributed by atoms with Gasteiger partial charge >= 0.3 is 0 Å². The molecular weight excluding hydrogens is 240 g/mol. The van der Waals surface area contributed by atoms with Crippen LogP contribution in [-0.2, 0) is 0 Å². The number of nitrogens with one attached hydrogen (secondary N) is 1. The number of rotatable bonds is 8. The average molecular weight is 273 g/mol. The van der Waals surface area contributed by atoms with Crippen molar-refractivity contribution in [3.63, 3.8) is 0 Å². The lowest BCUT2D eigenvalue weighted by molar-refractivity contribution is 0.302. The minimum Gasteiger partial charge on any atom is -0.316 e. The van der Waals surface area contributed by atoms with Gasteiger partial charge in [0.2, 0.25) is 0 Å². The smallest absolute Gasteiger partial charge is 0.0204 e. The van der Waals surface area contributed by atoms with Gasteiger partial charge < -0.3 is 10.2 Å². The van der Waals surface area contributed by atoms with Crippen molar-refractivity contribution in [3.8, 4) is 0 Å². The maximum atomic E-state index is 3.53. The van der Waals surface area contributed by atoms with E-state index in [-0.39, 0.29) is 0 Å². The van der Waals surface area contributed by atoms with E-state index < -0.39 is 0 Å². The molecule has 3 heteroatoms. The lowest BCUT2D eigenvalue weighted by atomic mass is 9.84. The van der Waals surface area contributed by atoms with E-state index in [0.717, 1.165) is 17.2 Å². The first-order valence-corrected chi connectivity index (χ1v) is 8.81.